The van der Waals surface area contributed by atoms with Crippen molar-refractivity contribution in [2.75, 3.05) is 31.1 Å². The molecule has 0 aliphatic carbocycles. The van der Waals surface area contributed by atoms with Gasteiger partial charge in [-0.05, 0) is 12.1 Å². The van der Waals surface area contributed by atoms with Gasteiger partial charge < -0.3 is 9.32 Å². The van der Waals surface area contributed by atoms with Gasteiger partial charge in [-0.3, -0.25) is 9.69 Å². The van der Waals surface area contributed by atoms with Gasteiger partial charge in [0.1, 0.15) is 5.76 Å². The summed E-state index contributed by atoms with van der Waals surface area (Å²) in [4.78, 5) is 19.5. The number of nitrogens with zero attached hydrogens (tertiary/aromatic N) is 3. The molecule has 0 saturated carbocycles. The molecule has 3 rings (SSSR count). The fraction of sp³-hybridized carbons (Fsp3) is 0.385. The summed E-state index contributed by atoms with van der Waals surface area (Å²) in [5, 5.41) is 3.10. The molecule has 5 nitrogen and oxygen atoms in total. The molecule has 1 fully saturated rings. The first kappa shape index (κ1) is 12.4. The topological polar surface area (TPSA) is 49.6 Å². The number of piperazine rings is 1. The zero-order valence-corrected chi connectivity index (χ0v) is 11.3. The predicted molar refractivity (Wildman–Crippen MR) is 73.7 cm³/mol. The van der Waals surface area contributed by atoms with Gasteiger partial charge >= 0.3 is 0 Å². The van der Waals surface area contributed by atoms with Gasteiger partial charge in [0.2, 0.25) is 0 Å². The highest BCUT2D eigenvalue weighted by molar-refractivity contribution is 7.13. The SMILES string of the molecule is O=Cc1ccc(CN2CCN(c3nccs3)CC2)o1. The number of carbonyl (C=O) groups excluding carboxylic acids is 1. The summed E-state index contributed by atoms with van der Waals surface area (Å²) >= 11 is 1.68. The molecule has 0 bridgehead atoms. The zero-order valence-electron chi connectivity index (χ0n) is 10.5. The minimum absolute atomic E-state index is 0.399. The van der Waals surface area contributed by atoms with E-state index in [-0.39, 0.29) is 0 Å². The van der Waals surface area contributed by atoms with Crippen LogP contribution in [0.1, 0.15) is 16.3 Å². The third-order valence-electron chi connectivity index (χ3n) is 3.24. The second-order valence-corrected chi connectivity index (χ2v) is 5.37. The zero-order chi connectivity index (χ0) is 13.1. The van der Waals surface area contributed by atoms with Crippen LogP contribution < -0.4 is 4.90 Å². The Kier molecular flexibility index (Phi) is 3.61. The molecule has 100 valence electrons. The number of aldehydes is 1. The van der Waals surface area contributed by atoms with Crippen LogP contribution in [0.3, 0.4) is 0 Å². The Labute approximate surface area is 115 Å². The Morgan fingerprint density at radius 1 is 1.32 bits per heavy atom. The fourth-order valence-electron chi connectivity index (χ4n) is 2.23. The van der Waals surface area contributed by atoms with Crippen molar-refractivity contribution in [3.05, 3.63) is 35.2 Å². The smallest absolute Gasteiger partial charge is 0.185 e. The first-order valence-corrected chi connectivity index (χ1v) is 7.14. The lowest BCUT2D eigenvalue weighted by molar-refractivity contribution is 0.109. The molecule has 6 heteroatoms. The Bertz CT molecular complexity index is 530. The Morgan fingerprint density at radius 2 is 2.16 bits per heavy atom. The average molecular weight is 277 g/mol. The Hall–Kier alpha value is -1.66. The van der Waals surface area contributed by atoms with E-state index in [9.17, 15) is 4.79 Å². The minimum Gasteiger partial charge on any atom is -0.457 e. The maximum absolute atomic E-state index is 10.6. The number of hydrogen-bond donors (Lipinski definition) is 0. The Balaban J connectivity index is 1.54. The van der Waals surface area contributed by atoms with E-state index < -0.39 is 0 Å². The van der Waals surface area contributed by atoms with Gasteiger partial charge in [0, 0.05) is 37.8 Å². The summed E-state index contributed by atoms with van der Waals surface area (Å²) in [5.74, 6) is 1.25. The van der Waals surface area contributed by atoms with Crippen LogP contribution in [0.2, 0.25) is 0 Å². The molecular weight excluding hydrogens is 262 g/mol. The maximum Gasteiger partial charge on any atom is 0.185 e. The first-order valence-electron chi connectivity index (χ1n) is 6.26. The van der Waals surface area contributed by atoms with Gasteiger partial charge in [-0.25, -0.2) is 4.98 Å². The number of furan rings is 1. The number of anilines is 1. The standard InChI is InChI=1S/C13H15N3O2S/c17-10-12-2-1-11(18-12)9-15-4-6-16(7-5-15)13-14-3-8-19-13/h1-3,8,10H,4-7,9H2. The van der Waals surface area contributed by atoms with Crippen molar-refractivity contribution in [3.8, 4) is 0 Å². The number of rotatable bonds is 4. The Morgan fingerprint density at radius 3 is 2.79 bits per heavy atom. The average Bonchev–Trinajstić information content (AvgIpc) is 3.10. The number of hydrogen-bond acceptors (Lipinski definition) is 6. The van der Waals surface area contributed by atoms with Crippen molar-refractivity contribution in [2.24, 2.45) is 0 Å². The van der Waals surface area contributed by atoms with Crippen LogP contribution in [-0.4, -0.2) is 42.3 Å². The highest BCUT2D eigenvalue weighted by Gasteiger charge is 2.19. The molecule has 2 aromatic rings. The molecule has 0 unspecified atom stereocenters. The highest BCUT2D eigenvalue weighted by Crippen LogP contribution is 2.19. The second kappa shape index (κ2) is 5.54. The molecule has 0 aromatic carbocycles. The van der Waals surface area contributed by atoms with Crippen molar-refractivity contribution in [3.63, 3.8) is 0 Å². The van der Waals surface area contributed by atoms with Gasteiger partial charge in [-0.2, -0.15) is 0 Å². The maximum atomic E-state index is 10.6. The van der Waals surface area contributed by atoms with Gasteiger partial charge in [0.15, 0.2) is 17.2 Å². The van der Waals surface area contributed by atoms with Gasteiger partial charge in [-0.15, -0.1) is 11.3 Å². The van der Waals surface area contributed by atoms with E-state index in [0.29, 0.717) is 5.76 Å². The summed E-state index contributed by atoms with van der Waals surface area (Å²) in [5.41, 5.74) is 0. The molecule has 0 amide bonds. The molecule has 0 atom stereocenters. The number of thiazole rings is 1. The molecule has 1 aliphatic heterocycles. The van der Waals surface area contributed by atoms with E-state index in [4.69, 9.17) is 4.42 Å². The molecule has 0 radical (unpaired) electrons. The van der Waals surface area contributed by atoms with E-state index in [2.05, 4.69) is 14.8 Å². The van der Waals surface area contributed by atoms with Gasteiger partial charge in [0.05, 0.1) is 6.54 Å². The van der Waals surface area contributed by atoms with Gasteiger partial charge in [-0.1, -0.05) is 0 Å². The van der Waals surface area contributed by atoms with E-state index >= 15 is 0 Å². The van der Waals surface area contributed by atoms with Crippen molar-refractivity contribution >= 4 is 22.8 Å². The van der Waals surface area contributed by atoms with E-state index in [0.717, 1.165) is 49.9 Å². The molecule has 0 N–H and O–H groups in total. The molecule has 0 spiro atoms. The van der Waals surface area contributed by atoms with E-state index in [1.54, 1.807) is 17.4 Å². The number of aromatic nitrogens is 1. The summed E-state index contributed by atoms with van der Waals surface area (Å²) in [6.45, 7) is 4.69. The normalized spacial score (nSPS) is 16.7. The summed E-state index contributed by atoms with van der Waals surface area (Å²) in [6.07, 6.45) is 2.58. The van der Waals surface area contributed by atoms with Crippen molar-refractivity contribution < 1.29 is 9.21 Å². The molecule has 1 saturated heterocycles. The van der Waals surface area contributed by atoms with Crippen LogP contribution in [-0.2, 0) is 6.54 Å². The van der Waals surface area contributed by atoms with Gasteiger partial charge in [0.25, 0.3) is 0 Å². The van der Waals surface area contributed by atoms with Crippen molar-refractivity contribution in [2.45, 2.75) is 6.54 Å². The van der Waals surface area contributed by atoms with E-state index in [1.807, 2.05) is 17.6 Å². The lowest BCUT2D eigenvalue weighted by Crippen LogP contribution is -2.45. The molecule has 3 heterocycles. The highest BCUT2D eigenvalue weighted by atomic mass is 32.1. The van der Waals surface area contributed by atoms with Crippen LogP contribution in [0.15, 0.2) is 28.1 Å². The largest absolute Gasteiger partial charge is 0.457 e. The summed E-state index contributed by atoms with van der Waals surface area (Å²) in [6, 6.07) is 3.59. The van der Waals surface area contributed by atoms with Crippen LogP contribution in [0.4, 0.5) is 5.13 Å². The van der Waals surface area contributed by atoms with Crippen molar-refractivity contribution in [1.29, 1.82) is 0 Å². The minimum atomic E-state index is 0.399. The monoisotopic (exact) mass is 277 g/mol. The van der Waals surface area contributed by atoms with Crippen LogP contribution >= 0.6 is 11.3 Å². The fourth-order valence-corrected chi connectivity index (χ4v) is 2.93. The van der Waals surface area contributed by atoms with Crippen molar-refractivity contribution in [1.82, 2.24) is 9.88 Å². The van der Waals surface area contributed by atoms with E-state index in [1.165, 1.54) is 0 Å². The molecule has 1 aliphatic rings. The lowest BCUT2D eigenvalue weighted by atomic mass is 10.3. The summed E-state index contributed by atoms with van der Waals surface area (Å²) in [7, 11) is 0. The molecule has 19 heavy (non-hydrogen) atoms. The van der Waals surface area contributed by atoms with Crippen LogP contribution in [0.5, 0.6) is 0 Å². The van der Waals surface area contributed by atoms with Crippen LogP contribution in [0.25, 0.3) is 0 Å². The van der Waals surface area contributed by atoms with Crippen LogP contribution in [0, 0.1) is 0 Å². The molecular formula is C13H15N3O2S. The lowest BCUT2D eigenvalue weighted by Gasteiger charge is -2.34. The quantitative estimate of drug-likeness (QED) is 0.799. The first-order chi connectivity index (χ1) is 9.35. The second-order valence-electron chi connectivity index (χ2n) is 4.50. The molecule has 2 aromatic heterocycles. The third kappa shape index (κ3) is 2.85. The third-order valence-corrected chi connectivity index (χ3v) is 4.07. The summed E-state index contributed by atoms with van der Waals surface area (Å²) < 4.78 is 5.40. The predicted octanol–water partition coefficient (Wildman–Crippen LogP) is 1.87. The number of carbonyl (C=O) groups is 1.